The van der Waals surface area contributed by atoms with Crippen LogP contribution in [0.1, 0.15) is 12.5 Å². The van der Waals surface area contributed by atoms with Gasteiger partial charge in [-0.3, -0.25) is 24.5 Å². The molecule has 198 valence electrons. The molecule has 2 aromatic carbocycles. The normalized spacial score (nSPS) is 12.4. The van der Waals surface area contributed by atoms with Crippen molar-refractivity contribution >= 4 is 28.5 Å². The van der Waals surface area contributed by atoms with Crippen LogP contribution in [0.5, 0.6) is 11.5 Å². The number of hydrogen-bond donors (Lipinski definition) is 3. The number of aliphatic hydroxyl groups excluding tert-OH is 1. The zero-order valence-electron chi connectivity index (χ0n) is 20.7. The SMILES string of the molecule is COc1ccc(OC[C@@H](O)Cn2c(N/N=C(\C)c3cccc([N+](=O)[O-])c3)nc3c2c(=O)[nH]c(=O)n3C)cc1. The van der Waals surface area contributed by atoms with Crippen LogP contribution in [0, 0.1) is 10.1 Å². The van der Waals surface area contributed by atoms with E-state index in [2.05, 4.69) is 20.5 Å². The Bertz CT molecular complexity index is 1620. The number of hydrazone groups is 1. The number of rotatable bonds is 10. The van der Waals surface area contributed by atoms with E-state index >= 15 is 0 Å². The number of aryl methyl sites for hydroxylation is 1. The molecule has 0 saturated carbocycles. The van der Waals surface area contributed by atoms with Gasteiger partial charge in [0.05, 0.1) is 24.3 Å². The average Bonchev–Trinajstić information content (AvgIpc) is 3.28. The number of nitro benzene ring substituents is 1. The van der Waals surface area contributed by atoms with E-state index in [1.807, 2.05) is 0 Å². The summed E-state index contributed by atoms with van der Waals surface area (Å²) < 4.78 is 13.3. The summed E-state index contributed by atoms with van der Waals surface area (Å²) in [6, 6.07) is 12.8. The van der Waals surface area contributed by atoms with Crippen LogP contribution in [-0.2, 0) is 13.6 Å². The molecule has 4 rings (SSSR count). The first kappa shape index (κ1) is 26.1. The summed E-state index contributed by atoms with van der Waals surface area (Å²) in [4.78, 5) is 42.0. The molecule has 0 fully saturated rings. The summed E-state index contributed by atoms with van der Waals surface area (Å²) >= 11 is 0. The number of non-ortho nitro benzene ring substituents is 1. The van der Waals surface area contributed by atoms with Crippen LogP contribution in [0.3, 0.4) is 0 Å². The highest BCUT2D eigenvalue weighted by Gasteiger charge is 2.20. The molecule has 38 heavy (non-hydrogen) atoms. The number of nitrogens with one attached hydrogen (secondary N) is 2. The lowest BCUT2D eigenvalue weighted by molar-refractivity contribution is -0.384. The van der Waals surface area contributed by atoms with Crippen molar-refractivity contribution in [2.45, 2.75) is 19.6 Å². The van der Waals surface area contributed by atoms with Gasteiger partial charge in [-0.15, -0.1) is 0 Å². The highest BCUT2D eigenvalue weighted by atomic mass is 16.6. The van der Waals surface area contributed by atoms with Crippen molar-refractivity contribution in [3.05, 3.63) is 85.0 Å². The molecule has 0 aliphatic rings. The molecule has 0 radical (unpaired) electrons. The smallest absolute Gasteiger partial charge is 0.329 e. The largest absolute Gasteiger partial charge is 0.497 e. The standard InChI is InChI=1S/C24H25N7O7/c1-14(15-5-4-6-16(11-15)31(35)36)27-28-23-25-21-20(22(33)26-24(34)29(21)2)30(23)12-17(32)13-38-19-9-7-18(37-3)8-10-19/h4-11,17,32H,12-13H2,1-3H3,(H,25,28)(H,26,33,34)/b27-14+/t17-/m0/s1. The number of nitro groups is 1. The Labute approximate surface area is 214 Å². The van der Waals surface area contributed by atoms with Crippen molar-refractivity contribution in [2.75, 3.05) is 19.1 Å². The Balaban J connectivity index is 1.63. The molecule has 0 spiro atoms. The number of aliphatic hydroxyl groups is 1. The first-order valence-electron chi connectivity index (χ1n) is 11.4. The van der Waals surface area contributed by atoms with Crippen LogP contribution in [-0.4, -0.2) is 54.7 Å². The van der Waals surface area contributed by atoms with E-state index in [0.717, 1.165) is 4.57 Å². The van der Waals surface area contributed by atoms with Crippen LogP contribution < -0.4 is 26.1 Å². The quantitative estimate of drug-likeness (QED) is 0.158. The second-order valence-electron chi connectivity index (χ2n) is 8.29. The van der Waals surface area contributed by atoms with E-state index < -0.39 is 22.3 Å². The molecule has 2 aromatic heterocycles. The lowest BCUT2D eigenvalue weighted by Crippen LogP contribution is -2.30. The lowest BCUT2D eigenvalue weighted by atomic mass is 10.1. The molecule has 14 heteroatoms. The van der Waals surface area contributed by atoms with Crippen molar-refractivity contribution in [2.24, 2.45) is 12.1 Å². The van der Waals surface area contributed by atoms with Crippen LogP contribution in [0.2, 0.25) is 0 Å². The molecule has 1 atom stereocenters. The fourth-order valence-corrected chi connectivity index (χ4v) is 3.67. The Kier molecular flexibility index (Phi) is 7.53. The summed E-state index contributed by atoms with van der Waals surface area (Å²) in [5, 5.41) is 26.1. The van der Waals surface area contributed by atoms with Gasteiger partial charge in [0.15, 0.2) is 11.2 Å². The van der Waals surface area contributed by atoms with Crippen molar-refractivity contribution in [3.63, 3.8) is 0 Å². The van der Waals surface area contributed by atoms with Gasteiger partial charge in [-0.1, -0.05) is 12.1 Å². The summed E-state index contributed by atoms with van der Waals surface area (Å²) in [7, 11) is 3.00. The molecule has 2 heterocycles. The van der Waals surface area contributed by atoms with Gasteiger partial charge in [0.25, 0.3) is 11.2 Å². The molecular weight excluding hydrogens is 498 g/mol. The van der Waals surface area contributed by atoms with Gasteiger partial charge < -0.3 is 19.1 Å². The minimum absolute atomic E-state index is 0.0429. The van der Waals surface area contributed by atoms with Crippen LogP contribution >= 0.6 is 0 Å². The van der Waals surface area contributed by atoms with E-state index in [0.29, 0.717) is 22.8 Å². The van der Waals surface area contributed by atoms with Crippen molar-refractivity contribution in [3.8, 4) is 11.5 Å². The number of anilines is 1. The number of hydrogen-bond acceptors (Lipinski definition) is 10. The Hall–Kier alpha value is -4.98. The van der Waals surface area contributed by atoms with E-state index in [4.69, 9.17) is 9.47 Å². The topological polar surface area (TPSA) is 179 Å². The third-order valence-corrected chi connectivity index (χ3v) is 5.70. The van der Waals surface area contributed by atoms with Gasteiger partial charge >= 0.3 is 5.69 Å². The zero-order chi connectivity index (χ0) is 27.4. The highest BCUT2D eigenvalue weighted by Crippen LogP contribution is 2.20. The molecular formula is C24H25N7O7. The third kappa shape index (κ3) is 5.54. The van der Waals surface area contributed by atoms with Crippen molar-refractivity contribution in [1.29, 1.82) is 0 Å². The third-order valence-electron chi connectivity index (χ3n) is 5.70. The van der Waals surface area contributed by atoms with Crippen molar-refractivity contribution < 1.29 is 19.5 Å². The minimum atomic E-state index is -1.08. The molecule has 4 aromatic rings. The molecule has 0 amide bonds. The number of fused-ring (bicyclic) bond motifs is 1. The van der Waals surface area contributed by atoms with Gasteiger partial charge in [-0.25, -0.2) is 10.2 Å². The molecule has 0 bridgehead atoms. The fourth-order valence-electron chi connectivity index (χ4n) is 3.67. The molecule has 0 unspecified atom stereocenters. The Morgan fingerprint density at radius 2 is 1.95 bits per heavy atom. The zero-order valence-corrected chi connectivity index (χ0v) is 20.7. The fraction of sp³-hybridized carbons (Fsp3) is 0.250. The second-order valence-corrected chi connectivity index (χ2v) is 8.29. The number of aromatic amines is 1. The van der Waals surface area contributed by atoms with E-state index in [9.17, 15) is 24.8 Å². The summed E-state index contributed by atoms with van der Waals surface area (Å²) in [5.41, 5.74) is 2.33. The molecule has 3 N–H and O–H groups in total. The first-order chi connectivity index (χ1) is 18.2. The number of nitrogens with zero attached hydrogens (tertiary/aromatic N) is 5. The molecule has 0 aliphatic carbocycles. The van der Waals surface area contributed by atoms with Gasteiger partial charge in [0, 0.05) is 24.7 Å². The van der Waals surface area contributed by atoms with Gasteiger partial charge in [-0.2, -0.15) is 10.1 Å². The summed E-state index contributed by atoms with van der Waals surface area (Å²) in [5.74, 6) is 1.24. The highest BCUT2D eigenvalue weighted by molar-refractivity contribution is 5.99. The van der Waals surface area contributed by atoms with Gasteiger partial charge in [-0.05, 0) is 31.2 Å². The second kappa shape index (κ2) is 11.0. The predicted molar refractivity (Wildman–Crippen MR) is 139 cm³/mol. The van der Waals surface area contributed by atoms with Crippen LogP contribution in [0.15, 0.2) is 63.2 Å². The number of imidazole rings is 1. The Morgan fingerprint density at radius 3 is 2.63 bits per heavy atom. The monoisotopic (exact) mass is 523 g/mol. The van der Waals surface area contributed by atoms with Gasteiger partial charge in [0.2, 0.25) is 5.95 Å². The van der Waals surface area contributed by atoms with E-state index in [1.165, 1.54) is 29.8 Å². The summed E-state index contributed by atoms with van der Waals surface area (Å²) in [6.45, 7) is 1.41. The van der Waals surface area contributed by atoms with Gasteiger partial charge in [0.1, 0.15) is 24.2 Å². The average molecular weight is 524 g/mol. The van der Waals surface area contributed by atoms with Crippen molar-refractivity contribution in [1.82, 2.24) is 19.1 Å². The predicted octanol–water partition coefficient (Wildman–Crippen LogP) is 1.62. The molecule has 14 nitrogen and oxygen atoms in total. The van der Waals surface area contributed by atoms with E-state index in [-0.39, 0.29) is 36.0 Å². The number of benzene rings is 2. The Morgan fingerprint density at radius 1 is 1.24 bits per heavy atom. The summed E-state index contributed by atoms with van der Waals surface area (Å²) in [6.07, 6.45) is -1.08. The maximum Gasteiger partial charge on any atom is 0.329 e. The molecule has 0 aliphatic heterocycles. The number of ether oxygens (including phenoxy) is 2. The lowest BCUT2D eigenvalue weighted by Gasteiger charge is -2.15. The molecule has 0 saturated heterocycles. The number of aromatic nitrogens is 4. The number of H-pyrrole nitrogens is 1. The maximum absolute atomic E-state index is 12.7. The number of methoxy groups -OCH3 is 1. The van der Waals surface area contributed by atoms with Crippen LogP contribution in [0.25, 0.3) is 11.2 Å². The van der Waals surface area contributed by atoms with E-state index in [1.54, 1.807) is 44.4 Å². The maximum atomic E-state index is 12.7. The van der Waals surface area contributed by atoms with Crippen LogP contribution in [0.4, 0.5) is 11.6 Å². The minimum Gasteiger partial charge on any atom is -0.497 e. The first-order valence-corrected chi connectivity index (χ1v) is 11.4.